The average Bonchev–Trinajstić information content (AvgIpc) is 1.89. The highest BCUT2D eigenvalue weighted by Crippen LogP contribution is 2.46. The number of hydrogen-bond donors (Lipinski definition) is 0. The maximum atomic E-state index is 2.51. The molecule has 0 saturated carbocycles. The van der Waals surface area contributed by atoms with Crippen molar-refractivity contribution in [3.63, 3.8) is 0 Å². The van der Waals surface area contributed by atoms with E-state index in [4.69, 9.17) is 0 Å². The third kappa shape index (κ3) is 8.74. The molecule has 0 bridgehead atoms. The monoisotopic (exact) mass is 1090 g/mol. The fourth-order valence-electron chi connectivity index (χ4n) is 13.4. The first-order valence-electron chi connectivity index (χ1n) is 29.7. The normalized spacial score (nSPS) is 11.5. The molecule has 16 aromatic rings. The molecule has 0 radical (unpaired) electrons. The molecular weight excluding hydrogens is 1040 g/mol. The summed E-state index contributed by atoms with van der Waals surface area (Å²) in [5.41, 5.74) is 28.2. The minimum atomic E-state index is 1.11. The molecule has 86 heavy (non-hydrogen) atoms. The van der Waals surface area contributed by atoms with Gasteiger partial charge in [-0.15, -0.1) is 0 Å². The van der Waals surface area contributed by atoms with Gasteiger partial charge < -0.3 is 9.13 Å². The van der Waals surface area contributed by atoms with Crippen LogP contribution in [-0.2, 0) is 0 Å². The van der Waals surface area contributed by atoms with Crippen molar-refractivity contribution in [2.45, 2.75) is 0 Å². The molecule has 2 nitrogen and oxygen atoms in total. The van der Waals surface area contributed by atoms with E-state index in [2.05, 4.69) is 349 Å². The first-order valence-corrected chi connectivity index (χ1v) is 29.7. The van der Waals surface area contributed by atoms with Crippen molar-refractivity contribution >= 4 is 43.6 Å². The summed E-state index contributed by atoms with van der Waals surface area (Å²) in [5.74, 6) is 0. The maximum absolute atomic E-state index is 2.51. The van der Waals surface area contributed by atoms with E-state index in [1.165, 1.54) is 111 Å². The molecule has 402 valence electrons. The Labute approximate surface area is 501 Å². The molecule has 16 rings (SSSR count). The SMILES string of the molecule is c1ccc(-c2ccccc2-c2ccc3c(c2)c2cc(-c4ccccc4-c4ccccc4)ccc2n3-c2ccccc2-c2ccccc2-n2c3ccc(-c4ccccc4-c4ccccc4)cc3c3cc(-c4ccccc4-c4ccccc4)ccc32)cc1. The van der Waals surface area contributed by atoms with Crippen molar-refractivity contribution in [2.24, 2.45) is 0 Å². The fraction of sp³-hybridized carbons (Fsp3) is 0. The molecule has 0 spiro atoms. The van der Waals surface area contributed by atoms with Gasteiger partial charge >= 0.3 is 0 Å². The molecule has 2 aromatic heterocycles. The number of fused-ring (bicyclic) bond motifs is 6. The third-order valence-corrected chi connectivity index (χ3v) is 17.4. The lowest BCUT2D eigenvalue weighted by atomic mass is 9.92. The van der Waals surface area contributed by atoms with Crippen LogP contribution in [0.2, 0.25) is 0 Å². The van der Waals surface area contributed by atoms with Crippen molar-refractivity contribution < 1.29 is 0 Å². The van der Waals surface area contributed by atoms with Gasteiger partial charge in [-0.3, -0.25) is 0 Å². The van der Waals surface area contributed by atoms with Crippen molar-refractivity contribution in [1.82, 2.24) is 9.13 Å². The number of nitrogens with zero attached hydrogens (tertiary/aromatic N) is 2. The van der Waals surface area contributed by atoms with Crippen molar-refractivity contribution in [2.75, 3.05) is 0 Å². The summed E-state index contributed by atoms with van der Waals surface area (Å²) in [6, 6.07) is 125. The lowest BCUT2D eigenvalue weighted by Crippen LogP contribution is -2.01. The van der Waals surface area contributed by atoms with E-state index in [0.717, 1.165) is 44.6 Å². The number of benzene rings is 14. The van der Waals surface area contributed by atoms with Gasteiger partial charge in [-0.1, -0.05) is 279 Å². The smallest absolute Gasteiger partial charge is 0.0541 e. The van der Waals surface area contributed by atoms with Crippen LogP contribution in [0, 0.1) is 0 Å². The minimum Gasteiger partial charge on any atom is -0.309 e. The quantitative estimate of drug-likeness (QED) is 0.122. The Morgan fingerprint density at radius 2 is 0.326 bits per heavy atom. The molecule has 0 fully saturated rings. The maximum Gasteiger partial charge on any atom is 0.0541 e. The zero-order valence-electron chi connectivity index (χ0n) is 47.2. The Balaban J connectivity index is 0.914. The summed E-state index contributed by atoms with van der Waals surface area (Å²) in [7, 11) is 0. The number of aromatic nitrogens is 2. The van der Waals surface area contributed by atoms with E-state index in [1.54, 1.807) is 0 Å². The van der Waals surface area contributed by atoms with E-state index >= 15 is 0 Å². The lowest BCUT2D eigenvalue weighted by Gasteiger charge is -2.19. The van der Waals surface area contributed by atoms with Gasteiger partial charge in [0, 0.05) is 32.7 Å². The summed E-state index contributed by atoms with van der Waals surface area (Å²) >= 11 is 0. The number of para-hydroxylation sites is 2. The van der Waals surface area contributed by atoms with E-state index < -0.39 is 0 Å². The number of hydrogen-bond acceptors (Lipinski definition) is 0. The summed E-state index contributed by atoms with van der Waals surface area (Å²) in [4.78, 5) is 0. The van der Waals surface area contributed by atoms with Crippen molar-refractivity contribution in [3.8, 4) is 112 Å². The zero-order valence-corrected chi connectivity index (χ0v) is 47.2. The Kier molecular flexibility index (Phi) is 12.6. The van der Waals surface area contributed by atoms with Gasteiger partial charge in [-0.05, 0) is 150 Å². The van der Waals surface area contributed by atoms with Crippen LogP contribution in [0.15, 0.2) is 340 Å². The zero-order chi connectivity index (χ0) is 56.9. The van der Waals surface area contributed by atoms with Gasteiger partial charge in [-0.2, -0.15) is 0 Å². The second kappa shape index (κ2) is 21.5. The fourth-order valence-corrected chi connectivity index (χ4v) is 13.4. The van der Waals surface area contributed by atoms with Crippen LogP contribution >= 0.6 is 0 Å². The number of rotatable bonds is 11. The molecular formula is C84H56N2. The summed E-state index contributed by atoms with van der Waals surface area (Å²) in [6.45, 7) is 0. The van der Waals surface area contributed by atoms with Crippen LogP contribution in [0.1, 0.15) is 0 Å². The van der Waals surface area contributed by atoms with Gasteiger partial charge in [0.25, 0.3) is 0 Å². The molecule has 0 aliphatic rings. The predicted molar refractivity (Wildman–Crippen MR) is 364 cm³/mol. The van der Waals surface area contributed by atoms with Gasteiger partial charge in [-0.25, -0.2) is 0 Å². The third-order valence-electron chi connectivity index (χ3n) is 17.4. The van der Waals surface area contributed by atoms with E-state index in [0.29, 0.717) is 0 Å². The standard InChI is InChI=1S/C84H56N2/c1-5-25-57(26-6-1)65-33-13-17-37-69(65)61-45-49-81-75(53-61)76-54-62(70-38-18-14-34-66(70)58-27-7-2-8-28-58)46-50-82(76)85(81)79-43-23-21-41-73(79)74-42-22-24-44-80(74)86-83-51-47-63(71-39-19-15-35-67(71)59-29-9-3-10-30-59)55-77(83)78-56-64(48-52-84(78)86)72-40-20-16-36-68(72)60-31-11-4-12-32-60/h1-56H. The van der Waals surface area contributed by atoms with Crippen LogP contribution < -0.4 is 0 Å². The predicted octanol–water partition coefficient (Wildman–Crippen LogP) is 22.9. The van der Waals surface area contributed by atoms with Gasteiger partial charge in [0.1, 0.15) is 0 Å². The summed E-state index contributed by atoms with van der Waals surface area (Å²) < 4.78 is 5.02. The van der Waals surface area contributed by atoms with Crippen LogP contribution in [0.3, 0.4) is 0 Å². The van der Waals surface area contributed by atoms with Crippen LogP contribution in [0.25, 0.3) is 155 Å². The molecule has 0 atom stereocenters. The van der Waals surface area contributed by atoms with Crippen LogP contribution in [0.5, 0.6) is 0 Å². The Bertz CT molecular complexity index is 4590. The molecule has 0 unspecified atom stereocenters. The molecule has 2 heteroatoms. The van der Waals surface area contributed by atoms with Crippen LogP contribution in [0.4, 0.5) is 0 Å². The highest BCUT2D eigenvalue weighted by molar-refractivity contribution is 6.15. The van der Waals surface area contributed by atoms with Gasteiger partial charge in [0.15, 0.2) is 0 Å². The van der Waals surface area contributed by atoms with E-state index in [1.807, 2.05) is 0 Å². The Morgan fingerprint density at radius 1 is 0.140 bits per heavy atom. The van der Waals surface area contributed by atoms with Gasteiger partial charge in [0.05, 0.1) is 33.4 Å². The molecule has 0 saturated heterocycles. The first kappa shape index (κ1) is 50.4. The highest BCUT2D eigenvalue weighted by Gasteiger charge is 2.23. The Morgan fingerprint density at radius 3 is 0.558 bits per heavy atom. The van der Waals surface area contributed by atoms with E-state index in [-0.39, 0.29) is 0 Å². The average molecular weight is 1090 g/mol. The molecule has 0 aliphatic heterocycles. The van der Waals surface area contributed by atoms with E-state index in [9.17, 15) is 0 Å². The van der Waals surface area contributed by atoms with Crippen molar-refractivity contribution in [1.29, 1.82) is 0 Å². The van der Waals surface area contributed by atoms with Crippen molar-refractivity contribution in [3.05, 3.63) is 340 Å². The Hall–Kier alpha value is -11.3. The molecule has 0 N–H and O–H groups in total. The second-order valence-corrected chi connectivity index (χ2v) is 22.3. The highest BCUT2D eigenvalue weighted by atomic mass is 15.0. The summed E-state index contributed by atoms with van der Waals surface area (Å²) in [6.07, 6.45) is 0. The van der Waals surface area contributed by atoms with Gasteiger partial charge in [0.2, 0.25) is 0 Å². The molecule has 0 amide bonds. The largest absolute Gasteiger partial charge is 0.309 e. The molecule has 0 aliphatic carbocycles. The first-order chi connectivity index (χ1) is 42.7. The molecule has 2 heterocycles. The second-order valence-electron chi connectivity index (χ2n) is 22.3. The van der Waals surface area contributed by atoms with Crippen LogP contribution in [-0.4, -0.2) is 9.13 Å². The lowest BCUT2D eigenvalue weighted by molar-refractivity contribution is 1.16. The summed E-state index contributed by atoms with van der Waals surface area (Å²) in [5, 5.41) is 4.77. The minimum absolute atomic E-state index is 1.11. The topological polar surface area (TPSA) is 9.86 Å². The molecule has 14 aromatic carbocycles.